The number of carbonyl (C=O) groups is 4. The van der Waals surface area contributed by atoms with Gasteiger partial charge in [-0.3, -0.25) is 19.3 Å². The molecule has 0 fully saturated rings. The summed E-state index contributed by atoms with van der Waals surface area (Å²) in [5.74, 6) is -2.37. The normalized spacial score (nSPS) is 14.8. The van der Waals surface area contributed by atoms with Gasteiger partial charge in [0.1, 0.15) is 6.04 Å². The Labute approximate surface area is 181 Å². The summed E-state index contributed by atoms with van der Waals surface area (Å²) in [6, 6.07) is 9.44. The third-order valence-corrected chi connectivity index (χ3v) is 5.56. The van der Waals surface area contributed by atoms with Crippen molar-refractivity contribution in [1.82, 2.24) is 10.2 Å². The minimum absolute atomic E-state index is 0.259. The van der Waals surface area contributed by atoms with Crippen LogP contribution in [0.5, 0.6) is 0 Å². The molecule has 0 bridgehead atoms. The number of imide groups is 1. The molecule has 0 spiro atoms. The fraction of sp³-hybridized carbons (Fsp3) is 0.333. The molecule has 0 aliphatic carbocycles. The monoisotopic (exact) mass is 422 g/mol. The third-order valence-electron chi connectivity index (χ3n) is 5.56. The zero-order valence-corrected chi connectivity index (χ0v) is 18.3. The van der Waals surface area contributed by atoms with Gasteiger partial charge in [0.2, 0.25) is 0 Å². The summed E-state index contributed by atoms with van der Waals surface area (Å²) in [6.07, 6.45) is 0. The number of ether oxygens (including phenoxy) is 1. The zero-order valence-electron chi connectivity index (χ0n) is 18.3. The molecule has 3 rings (SSSR count). The Kier molecular flexibility index (Phi) is 6.24. The van der Waals surface area contributed by atoms with Crippen molar-refractivity contribution < 1.29 is 23.9 Å². The molecule has 7 nitrogen and oxygen atoms in total. The molecule has 3 amide bonds. The Hall–Kier alpha value is -3.48. The number of aryl methyl sites for hydroxylation is 3. The summed E-state index contributed by atoms with van der Waals surface area (Å²) in [5, 5.41) is 2.78. The number of esters is 1. The van der Waals surface area contributed by atoms with Crippen molar-refractivity contribution >= 4 is 23.7 Å². The van der Waals surface area contributed by atoms with Crippen LogP contribution in [-0.2, 0) is 14.3 Å². The maximum Gasteiger partial charge on any atom is 0.329 e. The first-order chi connectivity index (χ1) is 14.6. The van der Waals surface area contributed by atoms with Crippen LogP contribution in [0.25, 0.3) is 0 Å². The Balaban J connectivity index is 1.58. The van der Waals surface area contributed by atoms with Crippen LogP contribution in [-0.4, -0.2) is 41.2 Å². The number of carbonyl (C=O) groups excluding carboxylic acids is 4. The van der Waals surface area contributed by atoms with Gasteiger partial charge in [-0.1, -0.05) is 29.8 Å². The van der Waals surface area contributed by atoms with Crippen molar-refractivity contribution in [1.29, 1.82) is 0 Å². The number of nitrogens with one attached hydrogen (secondary N) is 1. The Bertz CT molecular complexity index is 1080. The molecule has 1 aliphatic rings. The molecule has 1 N–H and O–H groups in total. The molecule has 0 saturated heterocycles. The van der Waals surface area contributed by atoms with Gasteiger partial charge < -0.3 is 10.1 Å². The largest absolute Gasteiger partial charge is 0.454 e. The highest BCUT2D eigenvalue weighted by Gasteiger charge is 2.41. The number of nitrogens with zero attached hydrogens (tertiary/aromatic N) is 1. The van der Waals surface area contributed by atoms with Crippen LogP contribution in [0.2, 0.25) is 0 Å². The third kappa shape index (κ3) is 4.50. The summed E-state index contributed by atoms with van der Waals surface area (Å²) >= 11 is 0. The quantitative estimate of drug-likeness (QED) is 0.571. The first-order valence-corrected chi connectivity index (χ1v) is 10.1. The van der Waals surface area contributed by atoms with Crippen molar-refractivity contribution in [3.63, 3.8) is 0 Å². The molecule has 0 aromatic heterocycles. The second-order valence-electron chi connectivity index (χ2n) is 7.95. The lowest BCUT2D eigenvalue weighted by atomic mass is 10.0. The molecule has 1 aliphatic heterocycles. The van der Waals surface area contributed by atoms with E-state index in [1.165, 1.54) is 6.92 Å². The fourth-order valence-electron chi connectivity index (χ4n) is 3.49. The van der Waals surface area contributed by atoms with E-state index in [1.54, 1.807) is 18.2 Å². The van der Waals surface area contributed by atoms with Crippen LogP contribution in [0.4, 0.5) is 0 Å². The van der Waals surface area contributed by atoms with Crippen LogP contribution in [0.3, 0.4) is 0 Å². The molecule has 162 valence electrons. The number of amides is 3. The van der Waals surface area contributed by atoms with Gasteiger partial charge in [0.05, 0.1) is 17.2 Å². The Morgan fingerprint density at radius 3 is 2.29 bits per heavy atom. The number of fused-ring (bicyclic) bond motifs is 1. The highest BCUT2D eigenvalue weighted by atomic mass is 16.5. The average Bonchev–Trinajstić information content (AvgIpc) is 2.97. The van der Waals surface area contributed by atoms with E-state index in [0.717, 1.165) is 27.2 Å². The molecule has 7 heteroatoms. The van der Waals surface area contributed by atoms with Gasteiger partial charge in [0.15, 0.2) is 6.61 Å². The molecule has 2 unspecified atom stereocenters. The Morgan fingerprint density at radius 1 is 0.935 bits per heavy atom. The summed E-state index contributed by atoms with van der Waals surface area (Å²) in [7, 11) is 0. The predicted octanol–water partition coefficient (Wildman–Crippen LogP) is 3.02. The smallest absolute Gasteiger partial charge is 0.329 e. The maximum atomic E-state index is 12.6. The van der Waals surface area contributed by atoms with Crippen LogP contribution < -0.4 is 5.32 Å². The van der Waals surface area contributed by atoms with Gasteiger partial charge in [-0.25, -0.2) is 4.79 Å². The van der Waals surface area contributed by atoms with Gasteiger partial charge in [-0.05, 0) is 63.4 Å². The molecule has 1 heterocycles. The summed E-state index contributed by atoms with van der Waals surface area (Å²) < 4.78 is 5.08. The van der Waals surface area contributed by atoms with Crippen LogP contribution in [0.15, 0.2) is 36.4 Å². The molecule has 0 radical (unpaired) electrons. The average molecular weight is 422 g/mol. The van der Waals surface area contributed by atoms with E-state index >= 15 is 0 Å². The highest BCUT2D eigenvalue weighted by molar-refractivity contribution is 6.22. The lowest BCUT2D eigenvalue weighted by Gasteiger charge is -2.21. The van der Waals surface area contributed by atoms with Crippen LogP contribution >= 0.6 is 0 Å². The van der Waals surface area contributed by atoms with Gasteiger partial charge in [-0.2, -0.15) is 0 Å². The molecular formula is C24H26N2O5. The zero-order chi connectivity index (χ0) is 22.9. The van der Waals surface area contributed by atoms with Gasteiger partial charge in [0.25, 0.3) is 17.7 Å². The van der Waals surface area contributed by atoms with Crippen LogP contribution in [0, 0.1) is 20.8 Å². The number of benzene rings is 2. The van der Waals surface area contributed by atoms with Gasteiger partial charge >= 0.3 is 5.97 Å². The Morgan fingerprint density at radius 2 is 1.61 bits per heavy atom. The van der Waals surface area contributed by atoms with E-state index < -0.39 is 36.3 Å². The lowest BCUT2D eigenvalue weighted by Crippen LogP contribution is -2.44. The van der Waals surface area contributed by atoms with E-state index in [1.807, 2.05) is 45.9 Å². The SMILES string of the molecule is Cc1ccc2c(c1)C(=O)N(C(C)C(=O)OCC(=O)NC(C)c1ccc(C)c(C)c1)C2=O. The van der Waals surface area contributed by atoms with Gasteiger partial charge in [0, 0.05) is 0 Å². The second-order valence-corrected chi connectivity index (χ2v) is 7.95. The van der Waals surface area contributed by atoms with E-state index in [-0.39, 0.29) is 17.2 Å². The van der Waals surface area contributed by atoms with Gasteiger partial charge in [-0.15, -0.1) is 0 Å². The fourth-order valence-corrected chi connectivity index (χ4v) is 3.49. The molecular weight excluding hydrogens is 396 g/mol. The first kappa shape index (κ1) is 22.2. The summed E-state index contributed by atoms with van der Waals surface area (Å²) in [5.41, 5.74) is 4.59. The summed E-state index contributed by atoms with van der Waals surface area (Å²) in [6.45, 7) is 8.58. The van der Waals surface area contributed by atoms with E-state index in [2.05, 4.69) is 5.32 Å². The van der Waals surface area contributed by atoms with Crippen molar-refractivity contribution in [2.45, 2.75) is 46.7 Å². The van der Waals surface area contributed by atoms with Crippen molar-refractivity contribution in [3.8, 4) is 0 Å². The minimum Gasteiger partial charge on any atom is -0.454 e. The summed E-state index contributed by atoms with van der Waals surface area (Å²) in [4.78, 5) is 50.7. The molecule has 31 heavy (non-hydrogen) atoms. The van der Waals surface area contributed by atoms with Crippen LogP contribution in [0.1, 0.15) is 62.9 Å². The first-order valence-electron chi connectivity index (χ1n) is 10.1. The van der Waals surface area contributed by atoms with E-state index in [0.29, 0.717) is 0 Å². The number of hydrogen-bond donors (Lipinski definition) is 1. The van der Waals surface area contributed by atoms with E-state index in [4.69, 9.17) is 4.74 Å². The molecule has 2 aromatic rings. The highest BCUT2D eigenvalue weighted by Crippen LogP contribution is 2.26. The molecule has 0 saturated carbocycles. The molecule has 2 aromatic carbocycles. The second kappa shape index (κ2) is 8.71. The maximum absolute atomic E-state index is 12.6. The topological polar surface area (TPSA) is 92.8 Å². The van der Waals surface area contributed by atoms with Crippen molar-refractivity contribution in [2.75, 3.05) is 6.61 Å². The minimum atomic E-state index is -1.14. The molecule has 2 atom stereocenters. The van der Waals surface area contributed by atoms with Crippen molar-refractivity contribution in [3.05, 3.63) is 69.8 Å². The van der Waals surface area contributed by atoms with Crippen molar-refractivity contribution in [2.24, 2.45) is 0 Å². The van der Waals surface area contributed by atoms with E-state index in [9.17, 15) is 19.2 Å². The standard InChI is InChI=1S/C24H26N2O5/c1-13-6-9-19-20(10-13)23(29)26(22(19)28)17(5)24(30)31-12-21(27)25-16(4)18-8-7-14(2)15(3)11-18/h6-11,16-17H,12H2,1-5H3,(H,25,27). The predicted molar refractivity (Wildman–Crippen MR) is 115 cm³/mol. The number of hydrogen-bond acceptors (Lipinski definition) is 5. The lowest BCUT2D eigenvalue weighted by molar-refractivity contribution is -0.152. The number of rotatable bonds is 6.